The zero-order valence-corrected chi connectivity index (χ0v) is 11.6. The lowest BCUT2D eigenvalue weighted by molar-refractivity contribution is 0.0908. The van der Waals surface area contributed by atoms with Gasteiger partial charge < -0.3 is 10.1 Å². The Kier molecular flexibility index (Phi) is 4.71. The summed E-state index contributed by atoms with van der Waals surface area (Å²) in [5.74, 6) is -1.57. The lowest BCUT2D eigenvalue weighted by Crippen LogP contribution is -2.34. The first kappa shape index (κ1) is 14.2. The molecule has 1 aromatic rings. The quantitative estimate of drug-likeness (QED) is 0.874. The number of ether oxygens (including phenoxy) is 1. The molecule has 1 heterocycles. The Morgan fingerprint density at radius 3 is 2.68 bits per heavy atom. The number of hydrogen-bond acceptors (Lipinski definition) is 3. The molecule has 0 radical (unpaired) electrons. The summed E-state index contributed by atoms with van der Waals surface area (Å²) in [7, 11) is 0. The molecule has 0 spiro atoms. The first-order chi connectivity index (χ1) is 9.06. The molecule has 7 heteroatoms. The number of nitrogens with one attached hydrogen (secondary N) is 2. The summed E-state index contributed by atoms with van der Waals surface area (Å²) in [5.41, 5.74) is -0.125. The topological polar surface area (TPSA) is 50.4 Å². The van der Waals surface area contributed by atoms with Gasteiger partial charge in [0, 0.05) is 10.5 Å². The molecule has 1 saturated heterocycles. The van der Waals surface area contributed by atoms with Gasteiger partial charge in [0.2, 0.25) is 0 Å². The highest BCUT2D eigenvalue weighted by Gasteiger charge is 2.19. The van der Waals surface area contributed by atoms with E-state index < -0.39 is 17.7 Å². The highest BCUT2D eigenvalue weighted by Crippen LogP contribution is 2.27. The number of hydrogen-bond donors (Lipinski definition) is 2. The summed E-state index contributed by atoms with van der Waals surface area (Å²) in [6.45, 7) is 1.57. The van der Waals surface area contributed by atoms with E-state index in [2.05, 4.69) is 26.6 Å². The number of benzene rings is 1. The second-order valence-corrected chi connectivity index (χ2v) is 5.08. The number of carbonyl (C=O) groups is 1. The minimum Gasteiger partial charge on any atom is -0.446 e. The van der Waals surface area contributed by atoms with Crippen LogP contribution in [0, 0.1) is 11.6 Å². The van der Waals surface area contributed by atoms with Crippen LogP contribution in [0.1, 0.15) is 12.8 Å². The van der Waals surface area contributed by atoms with Gasteiger partial charge in [-0.3, -0.25) is 5.32 Å². The van der Waals surface area contributed by atoms with Crippen molar-refractivity contribution in [1.82, 2.24) is 5.32 Å². The molecule has 2 N–H and O–H groups in total. The number of carbonyl (C=O) groups excluding carboxylic acids is 1. The van der Waals surface area contributed by atoms with Crippen LogP contribution in [0.25, 0.3) is 0 Å². The van der Waals surface area contributed by atoms with Crippen molar-refractivity contribution in [1.29, 1.82) is 0 Å². The molecule has 1 aromatic carbocycles. The zero-order valence-electron chi connectivity index (χ0n) is 10.0. The predicted molar refractivity (Wildman–Crippen MR) is 70.1 cm³/mol. The summed E-state index contributed by atoms with van der Waals surface area (Å²) in [6, 6.07) is 1.77. The molecule has 0 aromatic heterocycles. The van der Waals surface area contributed by atoms with Gasteiger partial charge in [0.15, 0.2) is 5.82 Å². The van der Waals surface area contributed by atoms with Crippen LogP contribution < -0.4 is 10.6 Å². The third-order valence-corrected chi connectivity index (χ3v) is 3.42. The Morgan fingerprint density at radius 2 is 2.05 bits per heavy atom. The Hall–Kier alpha value is -1.21. The lowest BCUT2D eigenvalue weighted by atomic mass is 10.1. The first-order valence-electron chi connectivity index (χ1n) is 5.89. The van der Waals surface area contributed by atoms with E-state index in [0.29, 0.717) is 6.07 Å². The highest BCUT2D eigenvalue weighted by atomic mass is 79.9. The van der Waals surface area contributed by atoms with Crippen LogP contribution >= 0.6 is 15.9 Å². The molecule has 1 aliphatic rings. The minimum absolute atomic E-state index is 0.125. The van der Waals surface area contributed by atoms with Gasteiger partial charge in [-0.2, -0.15) is 0 Å². The van der Waals surface area contributed by atoms with Crippen LogP contribution in [0.5, 0.6) is 0 Å². The molecule has 0 unspecified atom stereocenters. The van der Waals surface area contributed by atoms with E-state index in [9.17, 15) is 13.6 Å². The van der Waals surface area contributed by atoms with Gasteiger partial charge in [0.05, 0.1) is 5.69 Å². The molecular formula is C12H13BrF2N2O2. The van der Waals surface area contributed by atoms with E-state index in [1.54, 1.807) is 0 Å². The van der Waals surface area contributed by atoms with Crippen LogP contribution in [0.2, 0.25) is 0 Å². The average molecular weight is 335 g/mol. The fraction of sp³-hybridized carbons (Fsp3) is 0.417. The lowest BCUT2D eigenvalue weighted by Gasteiger charge is -2.23. The Bertz CT molecular complexity index is 456. The molecule has 0 bridgehead atoms. The van der Waals surface area contributed by atoms with Crippen molar-refractivity contribution in [3.63, 3.8) is 0 Å². The van der Waals surface area contributed by atoms with E-state index in [-0.39, 0.29) is 16.3 Å². The predicted octanol–water partition coefficient (Wildman–Crippen LogP) is 3.03. The molecule has 104 valence electrons. The summed E-state index contributed by atoms with van der Waals surface area (Å²) in [5, 5.41) is 5.42. The minimum atomic E-state index is -0.853. The molecule has 0 saturated carbocycles. The van der Waals surface area contributed by atoms with Crippen molar-refractivity contribution in [3.8, 4) is 0 Å². The zero-order chi connectivity index (χ0) is 13.8. The second-order valence-electron chi connectivity index (χ2n) is 4.22. The number of anilines is 1. The van der Waals surface area contributed by atoms with Crippen LogP contribution in [0.3, 0.4) is 0 Å². The molecule has 1 amide bonds. The molecule has 4 nitrogen and oxygen atoms in total. The number of piperidine rings is 1. The van der Waals surface area contributed by atoms with Crippen molar-refractivity contribution in [2.24, 2.45) is 0 Å². The number of rotatable bonds is 2. The number of amides is 1. The fourth-order valence-corrected chi connectivity index (χ4v) is 2.37. The third kappa shape index (κ3) is 3.87. The van der Waals surface area contributed by atoms with E-state index in [0.717, 1.165) is 32.0 Å². The maximum Gasteiger partial charge on any atom is 0.412 e. The van der Waals surface area contributed by atoms with Gasteiger partial charge >= 0.3 is 6.09 Å². The fourth-order valence-electron chi connectivity index (χ4n) is 1.86. The molecule has 1 aliphatic heterocycles. The molecule has 2 rings (SSSR count). The van der Waals surface area contributed by atoms with Gasteiger partial charge in [0.25, 0.3) is 0 Å². The van der Waals surface area contributed by atoms with Crippen molar-refractivity contribution < 1.29 is 18.3 Å². The van der Waals surface area contributed by atoms with Crippen molar-refractivity contribution in [2.75, 3.05) is 18.4 Å². The van der Waals surface area contributed by atoms with E-state index >= 15 is 0 Å². The monoisotopic (exact) mass is 334 g/mol. The van der Waals surface area contributed by atoms with Gasteiger partial charge in [-0.1, -0.05) is 0 Å². The van der Waals surface area contributed by atoms with Crippen LogP contribution in [0.15, 0.2) is 16.6 Å². The third-order valence-electron chi connectivity index (χ3n) is 2.79. The summed E-state index contributed by atoms with van der Waals surface area (Å²) >= 11 is 2.99. The Balaban J connectivity index is 1.98. The molecule has 1 fully saturated rings. The smallest absolute Gasteiger partial charge is 0.412 e. The van der Waals surface area contributed by atoms with Gasteiger partial charge in [0.1, 0.15) is 11.9 Å². The molecule has 19 heavy (non-hydrogen) atoms. The van der Waals surface area contributed by atoms with E-state index in [1.807, 2.05) is 0 Å². The molecule has 0 aliphatic carbocycles. The molecular weight excluding hydrogens is 322 g/mol. The normalized spacial score (nSPS) is 16.2. The van der Waals surface area contributed by atoms with Crippen molar-refractivity contribution >= 4 is 27.7 Å². The van der Waals surface area contributed by atoms with Crippen molar-refractivity contribution in [2.45, 2.75) is 18.9 Å². The standard InChI is InChI=1S/C12H13BrF2N2O2/c13-9-5-7(14)6-10(15)11(9)17-12(18)19-8-1-3-16-4-2-8/h5-6,8,16H,1-4H2,(H,17,18). The molecule has 0 atom stereocenters. The summed E-state index contributed by atoms with van der Waals surface area (Å²) in [4.78, 5) is 11.6. The van der Waals surface area contributed by atoms with Gasteiger partial charge in [-0.05, 0) is 47.9 Å². The van der Waals surface area contributed by atoms with Gasteiger partial charge in [-0.15, -0.1) is 0 Å². The summed E-state index contributed by atoms with van der Waals surface area (Å²) < 4.78 is 31.7. The summed E-state index contributed by atoms with van der Waals surface area (Å²) in [6.07, 6.45) is 0.530. The highest BCUT2D eigenvalue weighted by molar-refractivity contribution is 9.10. The van der Waals surface area contributed by atoms with E-state index in [1.165, 1.54) is 0 Å². The Labute approximate surface area is 117 Å². The maximum atomic E-state index is 13.5. The number of halogens is 3. The maximum absolute atomic E-state index is 13.5. The largest absolute Gasteiger partial charge is 0.446 e. The van der Waals surface area contributed by atoms with E-state index in [4.69, 9.17) is 4.74 Å². The van der Waals surface area contributed by atoms with Crippen LogP contribution in [0.4, 0.5) is 19.3 Å². The van der Waals surface area contributed by atoms with Crippen LogP contribution in [-0.4, -0.2) is 25.3 Å². The van der Waals surface area contributed by atoms with Crippen molar-refractivity contribution in [3.05, 3.63) is 28.2 Å². The van der Waals surface area contributed by atoms with Crippen LogP contribution in [-0.2, 0) is 4.74 Å². The second kappa shape index (κ2) is 6.29. The first-order valence-corrected chi connectivity index (χ1v) is 6.68. The van der Waals surface area contributed by atoms with Gasteiger partial charge in [-0.25, -0.2) is 13.6 Å². The SMILES string of the molecule is O=C(Nc1c(F)cc(F)cc1Br)OC1CCNCC1. The average Bonchev–Trinajstić information content (AvgIpc) is 2.35. The Morgan fingerprint density at radius 1 is 1.37 bits per heavy atom.